The van der Waals surface area contributed by atoms with Crippen molar-refractivity contribution in [2.24, 2.45) is 5.92 Å². The van der Waals surface area contributed by atoms with Crippen LogP contribution < -0.4 is 5.32 Å². The van der Waals surface area contributed by atoms with Gasteiger partial charge in [0.2, 0.25) is 0 Å². The molecule has 0 aromatic carbocycles. The Kier molecular flexibility index (Phi) is 7.51. The smallest absolute Gasteiger partial charge is 0.0619 e. The van der Waals surface area contributed by atoms with Crippen molar-refractivity contribution in [1.82, 2.24) is 5.32 Å². The van der Waals surface area contributed by atoms with E-state index in [0.717, 1.165) is 19.1 Å². The first-order valence-corrected chi connectivity index (χ1v) is 4.95. The van der Waals surface area contributed by atoms with Crippen molar-refractivity contribution in [3.05, 3.63) is 0 Å². The van der Waals surface area contributed by atoms with E-state index in [4.69, 9.17) is 4.74 Å². The van der Waals surface area contributed by atoms with E-state index in [1.165, 1.54) is 12.8 Å². The molecule has 2 nitrogen and oxygen atoms in total. The van der Waals surface area contributed by atoms with Crippen LogP contribution >= 0.6 is 0 Å². The van der Waals surface area contributed by atoms with Crippen LogP contribution in [-0.4, -0.2) is 26.3 Å². The van der Waals surface area contributed by atoms with Crippen LogP contribution in [0.4, 0.5) is 0 Å². The number of likely N-dealkylation sites (N-methyl/N-ethyl adjacent to an activating group) is 1. The molecule has 0 amide bonds. The van der Waals surface area contributed by atoms with Crippen molar-refractivity contribution in [3.63, 3.8) is 0 Å². The second-order valence-electron chi connectivity index (χ2n) is 3.62. The lowest BCUT2D eigenvalue weighted by Crippen LogP contribution is -2.30. The fourth-order valence-corrected chi connectivity index (χ4v) is 1.11. The maximum Gasteiger partial charge on any atom is 0.0619 e. The van der Waals surface area contributed by atoms with E-state index in [9.17, 15) is 0 Å². The van der Waals surface area contributed by atoms with Crippen LogP contribution in [0.25, 0.3) is 0 Å². The Balaban J connectivity index is 3.39. The summed E-state index contributed by atoms with van der Waals surface area (Å²) in [4.78, 5) is 0. The predicted molar refractivity (Wildman–Crippen MR) is 53.4 cm³/mol. The largest absolute Gasteiger partial charge is 0.380 e. The predicted octanol–water partition coefficient (Wildman–Crippen LogP) is 2.05. The highest BCUT2D eigenvalue weighted by Crippen LogP contribution is 2.06. The minimum Gasteiger partial charge on any atom is -0.380 e. The molecule has 1 atom stereocenters. The monoisotopic (exact) mass is 173 g/mol. The van der Waals surface area contributed by atoms with Gasteiger partial charge in [-0.05, 0) is 32.7 Å². The van der Waals surface area contributed by atoms with Gasteiger partial charge in [0.15, 0.2) is 0 Å². The summed E-state index contributed by atoms with van der Waals surface area (Å²) in [7, 11) is 2.00. The van der Waals surface area contributed by atoms with E-state index >= 15 is 0 Å². The highest BCUT2D eigenvalue weighted by Gasteiger charge is 2.06. The van der Waals surface area contributed by atoms with Crippen LogP contribution in [0, 0.1) is 5.92 Å². The molecule has 0 heterocycles. The van der Waals surface area contributed by atoms with Crippen LogP contribution in [0.1, 0.15) is 33.6 Å². The minimum atomic E-state index is 0.535. The van der Waals surface area contributed by atoms with Gasteiger partial charge in [0, 0.05) is 12.6 Å². The first-order valence-electron chi connectivity index (χ1n) is 4.95. The molecule has 1 unspecified atom stereocenters. The summed E-state index contributed by atoms with van der Waals surface area (Å²) in [5.41, 5.74) is 0. The van der Waals surface area contributed by atoms with Crippen molar-refractivity contribution < 1.29 is 4.74 Å². The summed E-state index contributed by atoms with van der Waals surface area (Å²) in [6.07, 6.45) is 2.49. The molecule has 0 aromatic heterocycles. The Morgan fingerprint density at radius 2 is 1.92 bits per heavy atom. The molecule has 0 aliphatic heterocycles. The van der Waals surface area contributed by atoms with Crippen LogP contribution in [0.3, 0.4) is 0 Å². The summed E-state index contributed by atoms with van der Waals surface area (Å²) in [5.74, 6) is 0.794. The topological polar surface area (TPSA) is 21.3 Å². The molecule has 0 aromatic rings. The standard InChI is InChI=1S/C10H23NO/c1-5-12-8-10(11-4)7-6-9(2)3/h9-11H,5-8H2,1-4H3. The fraction of sp³-hybridized carbons (Fsp3) is 1.00. The Morgan fingerprint density at radius 3 is 2.33 bits per heavy atom. The van der Waals surface area contributed by atoms with Gasteiger partial charge in [-0.2, -0.15) is 0 Å². The molecule has 0 saturated heterocycles. The van der Waals surface area contributed by atoms with Crippen molar-refractivity contribution in [2.75, 3.05) is 20.3 Å². The van der Waals surface area contributed by atoms with E-state index in [2.05, 4.69) is 19.2 Å². The Labute approximate surface area is 76.7 Å². The van der Waals surface area contributed by atoms with Gasteiger partial charge in [-0.25, -0.2) is 0 Å². The summed E-state index contributed by atoms with van der Waals surface area (Å²) in [6.45, 7) is 8.22. The van der Waals surface area contributed by atoms with E-state index < -0.39 is 0 Å². The third-order valence-electron chi connectivity index (χ3n) is 2.02. The van der Waals surface area contributed by atoms with Crippen molar-refractivity contribution in [3.8, 4) is 0 Å². The summed E-state index contributed by atoms with van der Waals surface area (Å²) in [6, 6.07) is 0.535. The third-order valence-corrected chi connectivity index (χ3v) is 2.02. The molecule has 74 valence electrons. The molecule has 1 N–H and O–H groups in total. The van der Waals surface area contributed by atoms with Crippen LogP contribution in [0.15, 0.2) is 0 Å². The van der Waals surface area contributed by atoms with Crippen LogP contribution in [-0.2, 0) is 4.74 Å². The quantitative estimate of drug-likeness (QED) is 0.636. The molecule has 12 heavy (non-hydrogen) atoms. The van der Waals surface area contributed by atoms with Gasteiger partial charge in [-0.3, -0.25) is 0 Å². The molecule has 0 radical (unpaired) electrons. The minimum absolute atomic E-state index is 0.535. The number of nitrogens with one attached hydrogen (secondary N) is 1. The second-order valence-corrected chi connectivity index (χ2v) is 3.62. The Bertz CT molecular complexity index is 93.8. The molecule has 0 fully saturated rings. The van der Waals surface area contributed by atoms with Gasteiger partial charge in [-0.15, -0.1) is 0 Å². The molecule has 0 aliphatic rings. The zero-order valence-corrected chi connectivity index (χ0v) is 8.89. The maximum atomic E-state index is 5.36. The lowest BCUT2D eigenvalue weighted by atomic mass is 10.0. The molecule has 0 aliphatic carbocycles. The lowest BCUT2D eigenvalue weighted by Gasteiger charge is -2.16. The van der Waals surface area contributed by atoms with Crippen molar-refractivity contribution in [1.29, 1.82) is 0 Å². The first kappa shape index (κ1) is 11.9. The zero-order chi connectivity index (χ0) is 9.40. The van der Waals surface area contributed by atoms with Gasteiger partial charge in [-0.1, -0.05) is 13.8 Å². The number of rotatable bonds is 7. The molecule has 0 spiro atoms. The third kappa shape index (κ3) is 6.62. The molecule has 2 heteroatoms. The summed E-state index contributed by atoms with van der Waals surface area (Å²) in [5, 5.41) is 3.27. The van der Waals surface area contributed by atoms with Crippen LogP contribution in [0.2, 0.25) is 0 Å². The molecule has 0 rings (SSSR count). The SMILES string of the molecule is CCOCC(CCC(C)C)NC. The molecular formula is C10H23NO. The van der Waals surface area contributed by atoms with Gasteiger partial charge in [0.1, 0.15) is 0 Å². The van der Waals surface area contributed by atoms with Gasteiger partial charge >= 0.3 is 0 Å². The lowest BCUT2D eigenvalue weighted by molar-refractivity contribution is 0.120. The maximum absolute atomic E-state index is 5.36. The number of hydrogen-bond donors (Lipinski definition) is 1. The average Bonchev–Trinajstić information content (AvgIpc) is 2.05. The van der Waals surface area contributed by atoms with Crippen LogP contribution in [0.5, 0.6) is 0 Å². The van der Waals surface area contributed by atoms with E-state index in [1.54, 1.807) is 0 Å². The normalized spacial score (nSPS) is 13.8. The zero-order valence-electron chi connectivity index (χ0n) is 8.89. The fourth-order valence-electron chi connectivity index (χ4n) is 1.11. The summed E-state index contributed by atoms with van der Waals surface area (Å²) < 4.78 is 5.36. The Hall–Kier alpha value is -0.0800. The number of ether oxygens (including phenoxy) is 1. The first-order chi connectivity index (χ1) is 5.70. The number of hydrogen-bond acceptors (Lipinski definition) is 2. The second kappa shape index (κ2) is 7.56. The molecule has 0 saturated carbocycles. The average molecular weight is 173 g/mol. The van der Waals surface area contributed by atoms with E-state index in [1.807, 2.05) is 14.0 Å². The molecule has 0 bridgehead atoms. The van der Waals surface area contributed by atoms with Gasteiger partial charge in [0.05, 0.1) is 6.61 Å². The van der Waals surface area contributed by atoms with E-state index in [-0.39, 0.29) is 0 Å². The van der Waals surface area contributed by atoms with E-state index in [0.29, 0.717) is 6.04 Å². The highest BCUT2D eigenvalue weighted by molar-refractivity contribution is 4.64. The Morgan fingerprint density at radius 1 is 1.25 bits per heavy atom. The van der Waals surface area contributed by atoms with Gasteiger partial charge in [0.25, 0.3) is 0 Å². The highest BCUT2D eigenvalue weighted by atomic mass is 16.5. The van der Waals surface area contributed by atoms with Crippen molar-refractivity contribution >= 4 is 0 Å². The molecular weight excluding hydrogens is 150 g/mol. The van der Waals surface area contributed by atoms with Gasteiger partial charge < -0.3 is 10.1 Å². The van der Waals surface area contributed by atoms with Crippen molar-refractivity contribution in [2.45, 2.75) is 39.7 Å². The summed E-state index contributed by atoms with van der Waals surface area (Å²) >= 11 is 0.